The van der Waals surface area contributed by atoms with E-state index < -0.39 is 0 Å². The van der Waals surface area contributed by atoms with E-state index in [4.69, 9.17) is 11.6 Å². The lowest BCUT2D eigenvalue weighted by Crippen LogP contribution is -2.25. The lowest BCUT2D eigenvalue weighted by molar-refractivity contribution is 0.303. The van der Waals surface area contributed by atoms with E-state index in [1.165, 1.54) is 0 Å². The Morgan fingerprint density at radius 3 is 2.56 bits per heavy atom. The van der Waals surface area contributed by atoms with Gasteiger partial charge in [-0.3, -0.25) is 0 Å². The highest BCUT2D eigenvalue weighted by molar-refractivity contribution is 6.29. The van der Waals surface area contributed by atoms with Crippen molar-refractivity contribution in [2.75, 3.05) is 31.5 Å². The molecule has 16 heavy (non-hydrogen) atoms. The Morgan fingerprint density at radius 1 is 1.25 bits per heavy atom. The summed E-state index contributed by atoms with van der Waals surface area (Å²) < 4.78 is 0. The first-order valence-corrected chi connectivity index (χ1v) is 6.09. The molecule has 0 radical (unpaired) electrons. The van der Waals surface area contributed by atoms with Crippen LogP contribution >= 0.6 is 11.6 Å². The molecule has 0 aliphatic heterocycles. The highest BCUT2D eigenvalue weighted by Gasteiger charge is 1.98. The maximum atomic E-state index is 5.64. The second-order valence-corrected chi connectivity index (χ2v) is 3.94. The molecule has 1 heterocycles. The summed E-state index contributed by atoms with van der Waals surface area (Å²) in [7, 11) is 0. The van der Waals surface area contributed by atoms with Gasteiger partial charge in [0.25, 0.3) is 0 Å². The van der Waals surface area contributed by atoms with E-state index in [-0.39, 0.29) is 0 Å². The van der Waals surface area contributed by atoms with Crippen LogP contribution in [-0.4, -0.2) is 41.3 Å². The molecule has 0 atom stereocenters. The number of halogens is 1. The third-order valence-electron chi connectivity index (χ3n) is 2.48. The Balaban J connectivity index is 2.18. The van der Waals surface area contributed by atoms with Crippen molar-refractivity contribution in [3.8, 4) is 0 Å². The summed E-state index contributed by atoms with van der Waals surface area (Å²) in [6.07, 6.45) is 1.10. The van der Waals surface area contributed by atoms with E-state index in [0.717, 1.165) is 38.4 Å². The van der Waals surface area contributed by atoms with E-state index >= 15 is 0 Å². The molecule has 0 fully saturated rings. The van der Waals surface area contributed by atoms with Gasteiger partial charge < -0.3 is 10.2 Å². The van der Waals surface area contributed by atoms with E-state index in [0.29, 0.717) is 5.15 Å². The van der Waals surface area contributed by atoms with Crippen LogP contribution in [0.15, 0.2) is 12.1 Å². The number of rotatable bonds is 7. The summed E-state index contributed by atoms with van der Waals surface area (Å²) in [5.74, 6) is 0.781. The van der Waals surface area contributed by atoms with E-state index in [2.05, 4.69) is 34.3 Å². The van der Waals surface area contributed by atoms with Gasteiger partial charge in [-0.2, -0.15) is 0 Å². The first-order valence-electron chi connectivity index (χ1n) is 5.71. The minimum absolute atomic E-state index is 0.425. The van der Waals surface area contributed by atoms with Crippen LogP contribution in [-0.2, 0) is 0 Å². The molecule has 0 bridgehead atoms. The van der Waals surface area contributed by atoms with Crippen LogP contribution in [0.2, 0.25) is 5.15 Å². The molecule has 0 unspecified atom stereocenters. The summed E-state index contributed by atoms with van der Waals surface area (Å²) in [5, 5.41) is 11.3. The standard InChI is InChI=1S/C11H19ClN4/c1-3-16(4-2)9-5-8-13-11-7-6-10(12)14-15-11/h6-7H,3-5,8-9H2,1-2H3,(H,13,15). The summed E-state index contributed by atoms with van der Waals surface area (Å²) in [4.78, 5) is 2.40. The smallest absolute Gasteiger partial charge is 0.151 e. The second-order valence-electron chi connectivity index (χ2n) is 3.55. The largest absolute Gasteiger partial charge is 0.369 e. The predicted octanol–water partition coefficient (Wildman–Crippen LogP) is 2.27. The van der Waals surface area contributed by atoms with E-state index in [9.17, 15) is 0 Å². The van der Waals surface area contributed by atoms with Crippen LogP contribution in [0, 0.1) is 0 Å². The Labute approximate surface area is 102 Å². The van der Waals surface area contributed by atoms with Crippen molar-refractivity contribution >= 4 is 17.4 Å². The SMILES string of the molecule is CCN(CC)CCCNc1ccc(Cl)nn1. The van der Waals surface area contributed by atoms with Gasteiger partial charge in [-0.15, -0.1) is 10.2 Å². The van der Waals surface area contributed by atoms with Crippen molar-refractivity contribution < 1.29 is 0 Å². The number of nitrogens with zero attached hydrogens (tertiary/aromatic N) is 3. The number of nitrogens with one attached hydrogen (secondary N) is 1. The molecule has 0 aromatic carbocycles. The van der Waals surface area contributed by atoms with Gasteiger partial charge in [0.1, 0.15) is 5.82 Å². The Hall–Kier alpha value is -0.870. The van der Waals surface area contributed by atoms with Gasteiger partial charge >= 0.3 is 0 Å². The molecular formula is C11H19ClN4. The van der Waals surface area contributed by atoms with Crippen LogP contribution < -0.4 is 5.32 Å². The molecule has 1 aromatic heterocycles. The molecule has 1 aromatic rings. The summed E-state index contributed by atoms with van der Waals surface area (Å²) in [6.45, 7) is 8.60. The van der Waals surface area contributed by atoms with Gasteiger partial charge in [-0.25, -0.2) is 0 Å². The fourth-order valence-electron chi connectivity index (χ4n) is 1.47. The summed E-state index contributed by atoms with van der Waals surface area (Å²) in [5.41, 5.74) is 0. The van der Waals surface area contributed by atoms with Gasteiger partial charge in [0.2, 0.25) is 0 Å². The minimum atomic E-state index is 0.425. The number of aromatic nitrogens is 2. The maximum absolute atomic E-state index is 5.64. The van der Waals surface area contributed by atoms with Gasteiger partial charge in [-0.1, -0.05) is 25.4 Å². The number of anilines is 1. The van der Waals surface area contributed by atoms with Crippen molar-refractivity contribution in [3.05, 3.63) is 17.3 Å². The quantitative estimate of drug-likeness (QED) is 0.745. The van der Waals surface area contributed by atoms with Crippen LogP contribution in [0.3, 0.4) is 0 Å². The number of hydrogen-bond donors (Lipinski definition) is 1. The minimum Gasteiger partial charge on any atom is -0.369 e. The lowest BCUT2D eigenvalue weighted by Gasteiger charge is -2.17. The fraction of sp³-hybridized carbons (Fsp3) is 0.636. The Kier molecular flexibility index (Phi) is 6.11. The molecule has 0 saturated carbocycles. The van der Waals surface area contributed by atoms with E-state index in [1.807, 2.05) is 6.07 Å². The van der Waals surface area contributed by atoms with Crippen molar-refractivity contribution in [3.63, 3.8) is 0 Å². The van der Waals surface area contributed by atoms with Crippen molar-refractivity contribution in [2.24, 2.45) is 0 Å². The monoisotopic (exact) mass is 242 g/mol. The molecule has 90 valence electrons. The molecule has 0 spiro atoms. The van der Waals surface area contributed by atoms with Crippen LogP contribution in [0.5, 0.6) is 0 Å². The first-order chi connectivity index (χ1) is 7.76. The zero-order valence-electron chi connectivity index (χ0n) is 9.91. The summed E-state index contributed by atoms with van der Waals surface area (Å²) in [6, 6.07) is 3.58. The van der Waals surface area contributed by atoms with Crippen molar-refractivity contribution in [1.82, 2.24) is 15.1 Å². The van der Waals surface area contributed by atoms with Crippen LogP contribution in [0.1, 0.15) is 20.3 Å². The van der Waals surface area contributed by atoms with Gasteiger partial charge in [0, 0.05) is 6.54 Å². The molecule has 0 amide bonds. The average Bonchev–Trinajstić information content (AvgIpc) is 2.32. The molecule has 4 nitrogen and oxygen atoms in total. The van der Waals surface area contributed by atoms with Crippen molar-refractivity contribution in [2.45, 2.75) is 20.3 Å². The molecule has 1 rings (SSSR count). The molecule has 0 saturated heterocycles. The Bertz CT molecular complexity index is 285. The van der Waals surface area contributed by atoms with E-state index in [1.54, 1.807) is 6.07 Å². The topological polar surface area (TPSA) is 41.0 Å². The molecule has 0 aliphatic rings. The van der Waals surface area contributed by atoms with Crippen LogP contribution in [0.25, 0.3) is 0 Å². The third kappa shape index (κ3) is 4.77. The zero-order valence-corrected chi connectivity index (χ0v) is 10.7. The molecule has 1 N–H and O–H groups in total. The molecule has 5 heteroatoms. The number of hydrogen-bond acceptors (Lipinski definition) is 4. The van der Waals surface area contributed by atoms with Gasteiger partial charge in [0.05, 0.1) is 0 Å². The average molecular weight is 243 g/mol. The predicted molar refractivity (Wildman–Crippen MR) is 67.9 cm³/mol. The normalized spacial score (nSPS) is 10.8. The molecule has 0 aliphatic carbocycles. The van der Waals surface area contributed by atoms with Gasteiger partial charge in [-0.05, 0) is 38.2 Å². The Morgan fingerprint density at radius 2 is 2.00 bits per heavy atom. The van der Waals surface area contributed by atoms with Gasteiger partial charge in [0.15, 0.2) is 5.15 Å². The highest BCUT2D eigenvalue weighted by Crippen LogP contribution is 2.05. The fourth-order valence-corrected chi connectivity index (χ4v) is 1.57. The third-order valence-corrected chi connectivity index (χ3v) is 2.69. The first kappa shape index (κ1) is 13.2. The molecular weight excluding hydrogens is 224 g/mol. The lowest BCUT2D eigenvalue weighted by atomic mass is 10.3. The second kappa shape index (κ2) is 7.41. The maximum Gasteiger partial charge on any atom is 0.151 e. The van der Waals surface area contributed by atoms with Crippen LogP contribution in [0.4, 0.5) is 5.82 Å². The zero-order chi connectivity index (χ0) is 11.8. The van der Waals surface area contributed by atoms with Crippen molar-refractivity contribution in [1.29, 1.82) is 0 Å². The summed E-state index contributed by atoms with van der Waals surface area (Å²) >= 11 is 5.64. The highest BCUT2D eigenvalue weighted by atomic mass is 35.5.